The second kappa shape index (κ2) is 1.33. The van der Waals surface area contributed by atoms with Gasteiger partial charge in [-0.25, -0.2) is 0 Å². The highest BCUT2D eigenvalue weighted by Crippen LogP contribution is 2.11. The van der Waals surface area contributed by atoms with Gasteiger partial charge in [0.05, 0.1) is 5.69 Å². The Labute approximate surface area is 46.3 Å². The van der Waals surface area contributed by atoms with Crippen molar-refractivity contribution in [1.29, 1.82) is 0 Å². The lowest BCUT2D eigenvalue weighted by molar-refractivity contribution is 0.194. The summed E-state index contributed by atoms with van der Waals surface area (Å²) in [6, 6.07) is 1.52. The molecular weight excluding hydrogens is 106 g/mol. The first kappa shape index (κ1) is 4.83. The maximum atomic E-state index is 8.65. The summed E-state index contributed by atoms with van der Waals surface area (Å²) >= 11 is 0. The van der Waals surface area contributed by atoms with E-state index in [2.05, 4.69) is 0 Å². The van der Waals surface area contributed by atoms with Crippen molar-refractivity contribution in [3.63, 3.8) is 0 Å². The van der Waals surface area contributed by atoms with Crippen LogP contribution in [0.25, 0.3) is 0 Å². The van der Waals surface area contributed by atoms with Crippen LogP contribution in [0.3, 0.4) is 0 Å². The molecule has 0 aromatic carbocycles. The zero-order chi connectivity index (χ0) is 6.15. The molecule has 0 bridgehead atoms. The van der Waals surface area contributed by atoms with Crippen molar-refractivity contribution in [3.8, 4) is 0 Å². The van der Waals surface area contributed by atoms with Gasteiger partial charge in [-0.3, -0.25) is 0 Å². The molecule has 8 heavy (non-hydrogen) atoms. The molecule has 44 valence electrons. The van der Waals surface area contributed by atoms with Crippen molar-refractivity contribution in [2.24, 2.45) is 0 Å². The lowest BCUT2D eigenvalue weighted by Gasteiger charge is -1.92. The molecule has 0 aliphatic rings. The first-order valence-electron chi connectivity index (χ1n) is 2.13. The first-order chi connectivity index (χ1) is 3.72. The molecule has 5 N–H and O–H groups in total. The van der Waals surface area contributed by atoms with Crippen molar-refractivity contribution in [3.05, 3.63) is 12.3 Å². The molecule has 0 atom stereocenters. The molecule has 0 fully saturated rings. The normalized spacial score (nSPS) is 9.50. The number of rotatable bonds is 0. The maximum Gasteiger partial charge on any atom is 0.162 e. The number of anilines is 2. The lowest BCUT2D eigenvalue weighted by Crippen LogP contribution is -1.98. The molecule has 1 rings (SSSR count). The average Bonchev–Trinajstić information content (AvgIpc) is 1.98. The zero-order valence-electron chi connectivity index (χ0n) is 4.20. The summed E-state index contributed by atoms with van der Waals surface area (Å²) < 4.78 is 0.773. The third-order valence-electron chi connectivity index (χ3n) is 0.938. The fourth-order valence-electron chi connectivity index (χ4n) is 0.449. The van der Waals surface area contributed by atoms with Crippen molar-refractivity contribution in [2.45, 2.75) is 0 Å². The van der Waals surface area contributed by atoms with Gasteiger partial charge in [0.2, 0.25) is 0 Å². The van der Waals surface area contributed by atoms with Crippen LogP contribution in [0, 0.1) is 0 Å². The molecule has 0 aliphatic heterocycles. The molecule has 1 aromatic heterocycles. The minimum atomic E-state index is 0.185. The Morgan fingerprint density at radius 2 is 2.12 bits per heavy atom. The Morgan fingerprint density at radius 3 is 2.25 bits per heavy atom. The van der Waals surface area contributed by atoms with Gasteiger partial charge in [-0.15, -0.1) is 0 Å². The van der Waals surface area contributed by atoms with Crippen molar-refractivity contribution < 1.29 is 5.21 Å². The van der Waals surface area contributed by atoms with E-state index in [1.165, 1.54) is 12.3 Å². The fourth-order valence-corrected chi connectivity index (χ4v) is 0.449. The summed E-state index contributed by atoms with van der Waals surface area (Å²) in [5, 5.41) is 8.65. The molecule has 0 aliphatic carbocycles. The quantitative estimate of drug-likeness (QED) is 0.411. The standard InChI is InChI=1S/C4H7N3O/c5-3-1-2-7(8)4(3)6/h1-2,8H,5-6H2. The van der Waals surface area contributed by atoms with Gasteiger partial charge in [-0.05, 0) is 6.07 Å². The van der Waals surface area contributed by atoms with Crippen LogP contribution in [0.4, 0.5) is 11.5 Å². The highest BCUT2D eigenvalue weighted by atomic mass is 16.5. The molecular formula is C4H7N3O. The predicted octanol–water partition coefficient (Wildman–Crippen LogP) is -0.110. The van der Waals surface area contributed by atoms with Gasteiger partial charge in [0.1, 0.15) is 0 Å². The first-order valence-corrected chi connectivity index (χ1v) is 2.13. The van der Waals surface area contributed by atoms with E-state index in [1.807, 2.05) is 0 Å². The highest BCUT2D eigenvalue weighted by molar-refractivity contribution is 5.58. The number of aromatic nitrogens is 1. The van der Waals surface area contributed by atoms with Crippen molar-refractivity contribution in [2.75, 3.05) is 11.5 Å². The second-order valence-corrected chi connectivity index (χ2v) is 1.50. The molecule has 4 heteroatoms. The largest absolute Gasteiger partial charge is 0.427 e. The number of nitrogens with zero attached hydrogens (tertiary/aromatic N) is 1. The summed E-state index contributed by atoms with van der Waals surface area (Å²) in [6.07, 6.45) is 1.38. The van der Waals surface area contributed by atoms with Crippen LogP contribution in [-0.2, 0) is 0 Å². The smallest absolute Gasteiger partial charge is 0.162 e. The third-order valence-corrected chi connectivity index (χ3v) is 0.938. The fraction of sp³-hybridized carbons (Fsp3) is 0. The monoisotopic (exact) mass is 113 g/mol. The van der Waals surface area contributed by atoms with Gasteiger partial charge >= 0.3 is 0 Å². The van der Waals surface area contributed by atoms with Crippen LogP contribution in [0.15, 0.2) is 12.3 Å². The van der Waals surface area contributed by atoms with E-state index in [0.29, 0.717) is 5.69 Å². The van der Waals surface area contributed by atoms with Crippen LogP contribution in [0.5, 0.6) is 0 Å². The van der Waals surface area contributed by atoms with Crippen LogP contribution in [-0.4, -0.2) is 9.94 Å². The summed E-state index contributed by atoms with van der Waals surface area (Å²) in [4.78, 5) is 0. The molecule has 0 saturated carbocycles. The second-order valence-electron chi connectivity index (χ2n) is 1.50. The summed E-state index contributed by atoms with van der Waals surface area (Å²) in [5.41, 5.74) is 10.8. The minimum absolute atomic E-state index is 0.185. The Bertz CT molecular complexity index is 174. The van der Waals surface area contributed by atoms with Crippen molar-refractivity contribution >= 4 is 11.5 Å². The lowest BCUT2D eigenvalue weighted by atomic mass is 10.5. The van der Waals surface area contributed by atoms with E-state index in [-0.39, 0.29) is 5.82 Å². The van der Waals surface area contributed by atoms with Crippen LogP contribution < -0.4 is 11.5 Å². The van der Waals surface area contributed by atoms with E-state index in [1.54, 1.807) is 0 Å². The number of nitrogen functional groups attached to an aromatic ring is 2. The van der Waals surface area contributed by atoms with E-state index in [0.717, 1.165) is 4.73 Å². The summed E-state index contributed by atoms with van der Waals surface area (Å²) in [5.74, 6) is 0.185. The molecule has 4 nitrogen and oxygen atoms in total. The SMILES string of the molecule is Nc1ccn(O)c1N. The minimum Gasteiger partial charge on any atom is -0.427 e. The van der Waals surface area contributed by atoms with E-state index in [9.17, 15) is 0 Å². The molecule has 0 spiro atoms. The van der Waals surface area contributed by atoms with Crippen LogP contribution in [0.2, 0.25) is 0 Å². The number of hydrogen-bond acceptors (Lipinski definition) is 3. The Hall–Kier alpha value is -1.32. The Kier molecular flexibility index (Phi) is 0.802. The topological polar surface area (TPSA) is 77.2 Å². The third kappa shape index (κ3) is 0.465. The van der Waals surface area contributed by atoms with Crippen LogP contribution >= 0.6 is 0 Å². The predicted molar refractivity (Wildman–Crippen MR) is 30.4 cm³/mol. The van der Waals surface area contributed by atoms with Gasteiger partial charge in [-0.2, -0.15) is 4.73 Å². The van der Waals surface area contributed by atoms with E-state index < -0.39 is 0 Å². The summed E-state index contributed by atoms with van der Waals surface area (Å²) in [7, 11) is 0. The van der Waals surface area contributed by atoms with Gasteiger partial charge < -0.3 is 16.7 Å². The van der Waals surface area contributed by atoms with E-state index >= 15 is 0 Å². The maximum absolute atomic E-state index is 8.65. The Morgan fingerprint density at radius 1 is 1.50 bits per heavy atom. The molecule has 0 radical (unpaired) electrons. The van der Waals surface area contributed by atoms with Crippen LogP contribution in [0.1, 0.15) is 0 Å². The van der Waals surface area contributed by atoms with Gasteiger partial charge in [0, 0.05) is 6.20 Å². The number of nitrogens with two attached hydrogens (primary N) is 2. The van der Waals surface area contributed by atoms with Gasteiger partial charge in [0.25, 0.3) is 0 Å². The Balaban J connectivity index is 3.19. The number of hydrogen-bond donors (Lipinski definition) is 3. The molecule has 0 saturated heterocycles. The highest BCUT2D eigenvalue weighted by Gasteiger charge is 1.96. The van der Waals surface area contributed by atoms with Gasteiger partial charge in [0.15, 0.2) is 5.82 Å². The average molecular weight is 113 g/mol. The van der Waals surface area contributed by atoms with Crippen molar-refractivity contribution in [1.82, 2.24) is 4.73 Å². The molecule has 0 unspecified atom stereocenters. The molecule has 1 heterocycles. The van der Waals surface area contributed by atoms with Gasteiger partial charge in [-0.1, -0.05) is 0 Å². The summed E-state index contributed by atoms with van der Waals surface area (Å²) in [6.45, 7) is 0. The zero-order valence-corrected chi connectivity index (χ0v) is 4.20. The molecule has 0 amide bonds. The van der Waals surface area contributed by atoms with E-state index in [4.69, 9.17) is 16.7 Å². The molecule has 1 aromatic rings.